The van der Waals surface area contributed by atoms with Crippen molar-refractivity contribution in [2.24, 2.45) is 0 Å². The average molecular weight is 328 g/mol. The molecule has 0 aromatic carbocycles. The summed E-state index contributed by atoms with van der Waals surface area (Å²) < 4.78 is 5.21. The van der Waals surface area contributed by atoms with E-state index < -0.39 is 0 Å². The zero-order chi connectivity index (χ0) is 16.7. The van der Waals surface area contributed by atoms with Gasteiger partial charge in [-0.15, -0.1) is 0 Å². The Labute approximate surface area is 140 Å². The van der Waals surface area contributed by atoms with Gasteiger partial charge in [0.15, 0.2) is 0 Å². The molecule has 2 atom stereocenters. The maximum atomic E-state index is 12.6. The number of hydrogen-bond donors (Lipinski definition) is 0. The fourth-order valence-electron chi connectivity index (χ4n) is 4.35. The normalized spacial score (nSPS) is 29.9. The number of amides is 3. The monoisotopic (exact) mass is 328 g/mol. The van der Waals surface area contributed by atoms with E-state index in [0.29, 0.717) is 31.4 Å². The van der Waals surface area contributed by atoms with Gasteiger partial charge in [0.25, 0.3) is 0 Å². The van der Waals surface area contributed by atoms with Crippen molar-refractivity contribution in [1.29, 1.82) is 0 Å². The van der Waals surface area contributed by atoms with Crippen molar-refractivity contribution in [3.63, 3.8) is 0 Å². The molecule has 6 nitrogen and oxygen atoms in total. The minimum Gasteiger partial charge on any atom is -0.465 e. The molecular formula is C18H20N2O4. The van der Waals surface area contributed by atoms with Gasteiger partial charge in [-0.25, -0.2) is 0 Å². The van der Waals surface area contributed by atoms with Gasteiger partial charge in [0.2, 0.25) is 17.7 Å². The first kappa shape index (κ1) is 15.2. The largest absolute Gasteiger partial charge is 0.465 e. The van der Waals surface area contributed by atoms with Gasteiger partial charge in [0.05, 0.1) is 6.26 Å². The van der Waals surface area contributed by atoms with Crippen molar-refractivity contribution in [3.8, 4) is 0 Å². The van der Waals surface area contributed by atoms with Gasteiger partial charge in [0, 0.05) is 37.0 Å². The van der Waals surface area contributed by atoms with E-state index in [2.05, 4.69) is 0 Å². The van der Waals surface area contributed by atoms with Crippen molar-refractivity contribution in [2.45, 2.75) is 56.7 Å². The fraction of sp³-hybridized carbons (Fsp3) is 0.500. The summed E-state index contributed by atoms with van der Waals surface area (Å²) in [6.45, 7) is 0. The Balaban J connectivity index is 1.46. The maximum absolute atomic E-state index is 12.6. The third-order valence-corrected chi connectivity index (χ3v) is 5.35. The molecule has 3 amide bonds. The Morgan fingerprint density at radius 3 is 2.33 bits per heavy atom. The number of imide groups is 1. The molecule has 1 aromatic heterocycles. The summed E-state index contributed by atoms with van der Waals surface area (Å²) in [6, 6.07) is 3.77. The van der Waals surface area contributed by atoms with Crippen LogP contribution in [0, 0.1) is 0 Å². The number of fused-ring (bicyclic) bond motifs is 2. The number of nitrogens with zero attached hydrogens (tertiary/aromatic N) is 2. The molecule has 3 aliphatic heterocycles. The van der Waals surface area contributed by atoms with Crippen molar-refractivity contribution in [2.75, 3.05) is 0 Å². The molecule has 4 rings (SSSR count). The Kier molecular flexibility index (Phi) is 3.75. The second-order valence-corrected chi connectivity index (χ2v) is 6.76. The molecular weight excluding hydrogens is 308 g/mol. The highest BCUT2D eigenvalue weighted by atomic mass is 16.3. The van der Waals surface area contributed by atoms with Crippen LogP contribution in [0.5, 0.6) is 0 Å². The van der Waals surface area contributed by atoms with E-state index in [1.165, 1.54) is 4.90 Å². The molecule has 0 saturated carbocycles. The second-order valence-electron chi connectivity index (χ2n) is 6.76. The van der Waals surface area contributed by atoms with Gasteiger partial charge < -0.3 is 9.32 Å². The molecule has 0 aliphatic carbocycles. The van der Waals surface area contributed by atoms with Crippen LogP contribution in [0.3, 0.4) is 0 Å². The van der Waals surface area contributed by atoms with E-state index in [4.69, 9.17) is 4.42 Å². The van der Waals surface area contributed by atoms with Crippen LogP contribution < -0.4 is 0 Å². The van der Waals surface area contributed by atoms with Gasteiger partial charge in [-0.2, -0.15) is 0 Å². The third kappa shape index (κ3) is 2.56. The van der Waals surface area contributed by atoms with Gasteiger partial charge in [-0.3, -0.25) is 19.3 Å². The highest BCUT2D eigenvalue weighted by molar-refractivity contribution is 6.02. The molecule has 0 spiro atoms. The predicted octanol–water partition coefficient (Wildman–Crippen LogP) is 1.96. The van der Waals surface area contributed by atoms with Crippen molar-refractivity contribution in [3.05, 3.63) is 30.2 Å². The molecule has 3 aliphatic rings. The highest BCUT2D eigenvalue weighted by Gasteiger charge is 2.47. The Hall–Kier alpha value is -2.37. The van der Waals surface area contributed by atoms with E-state index in [-0.39, 0.29) is 35.8 Å². The van der Waals surface area contributed by atoms with Gasteiger partial charge in [-0.1, -0.05) is 0 Å². The number of rotatable bonds is 3. The molecule has 3 fully saturated rings. The van der Waals surface area contributed by atoms with Crippen molar-refractivity contribution >= 4 is 23.8 Å². The lowest BCUT2D eigenvalue weighted by Crippen LogP contribution is -2.53. The van der Waals surface area contributed by atoms with Crippen molar-refractivity contribution in [1.82, 2.24) is 9.80 Å². The van der Waals surface area contributed by atoms with Crippen LogP contribution in [0.4, 0.5) is 0 Å². The third-order valence-electron chi connectivity index (χ3n) is 5.35. The number of carbonyl (C=O) groups excluding carboxylic acids is 3. The second kappa shape index (κ2) is 5.92. The standard InChI is InChI=1S/C18H20N2O4/c21-16(6-5-15-2-1-9-24-15)19-12-3-4-13(19)11-14(10-12)20-17(22)7-8-18(20)23/h1-2,5-6,9,12-14H,3-4,7-8,10-11H2/b6-5+. The number of likely N-dealkylation sites (tertiary alicyclic amines) is 1. The summed E-state index contributed by atoms with van der Waals surface area (Å²) in [6.07, 6.45) is 8.76. The Bertz CT molecular complexity index is 664. The van der Waals surface area contributed by atoms with E-state index in [9.17, 15) is 14.4 Å². The minimum atomic E-state index is -0.0538. The number of carbonyl (C=O) groups is 3. The molecule has 6 heteroatoms. The summed E-state index contributed by atoms with van der Waals surface area (Å²) in [5.41, 5.74) is 0. The summed E-state index contributed by atoms with van der Waals surface area (Å²) in [7, 11) is 0. The lowest BCUT2D eigenvalue weighted by molar-refractivity contribution is -0.143. The Morgan fingerprint density at radius 2 is 1.75 bits per heavy atom. The molecule has 3 saturated heterocycles. The van der Waals surface area contributed by atoms with Crippen LogP contribution in [0.1, 0.15) is 44.3 Å². The van der Waals surface area contributed by atoms with Gasteiger partial charge in [0.1, 0.15) is 5.76 Å². The predicted molar refractivity (Wildman–Crippen MR) is 85.5 cm³/mol. The van der Waals surface area contributed by atoms with Crippen LogP contribution >= 0.6 is 0 Å². The lowest BCUT2D eigenvalue weighted by atomic mass is 9.95. The number of hydrogen-bond acceptors (Lipinski definition) is 4. The minimum absolute atomic E-state index is 0.0172. The van der Waals surface area contributed by atoms with Crippen LogP contribution in [-0.4, -0.2) is 45.6 Å². The zero-order valence-electron chi connectivity index (χ0n) is 13.4. The van der Waals surface area contributed by atoms with E-state index in [1.54, 1.807) is 30.5 Å². The molecule has 126 valence electrons. The molecule has 0 N–H and O–H groups in total. The number of piperidine rings is 1. The zero-order valence-corrected chi connectivity index (χ0v) is 13.4. The summed E-state index contributed by atoms with van der Waals surface area (Å²) in [5, 5.41) is 0. The van der Waals surface area contributed by atoms with Crippen LogP contribution in [-0.2, 0) is 14.4 Å². The van der Waals surface area contributed by atoms with Gasteiger partial charge in [-0.05, 0) is 43.9 Å². The van der Waals surface area contributed by atoms with Crippen LogP contribution in [0.2, 0.25) is 0 Å². The molecule has 1 aromatic rings. The average Bonchev–Trinajstić information content (AvgIpc) is 3.25. The van der Waals surface area contributed by atoms with Crippen LogP contribution in [0.15, 0.2) is 28.9 Å². The fourth-order valence-corrected chi connectivity index (χ4v) is 4.35. The SMILES string of the molecule is O=C1CCC(=O)N1C1CC2CCC(C1)N2C(=O)/C=C/c1ccco1. The first-order valence-corrected chi connectivity index (χ1v) is 8.52. The quantitative estimate of drug-likeness (QED) is 0.628. The van der Waals surface area contributed by atoms with Crippen molar-refractivity contribution < 1.29 is 18.8 Å². The van der Waals surface area contributed by atoms with E-state index >= 15 is 0 Å². The smallest absolute Gasteiger partial charge is 0.247 e. The first-order chi connectivity index (χ1) is 11.6. The topological polar surface area (TPSA) is 70.8 Å². The van der Waals surface area contributed by atoms with Gasteiger partial charge >= 0.3 is 0 Å². The molecule has 0 radical (unpaired) electrons. The summed E-state index contributed by atoms with van der Waals surface area (Å²) >= 11 is 0. The molecule has 4 heterocycles. The molecule has 24 heavy (non-hydrogen) atoms. The maximum Gasteiger partial charge on any atom is 0.247 e. The van der Waals surface area contributed by atoms with E-state index in [1.807, 2.05) is 4.90 Å². The van der Waals surface area contributed by atoms with Crippen LogP contribution in [0.25, 0.3) is 6.08 Å². The number of furan rings is 1. The van der Waals surface area contributed by atoms with E-state index in [0.717, 1.165) is 12.8 Å². The molecule has 2 unspecified atom stereocenters. The summed E-state index contributed by atoms with van der Waals surface area (Å²) in [4.78, 5) is 39.9. The Morgan fingerprint density at radius 1 is 1.08 bits per heavy atom. The summed E-state index contributed by atoms with van der Waals surface area (Å²) in [5.74, 6) is 0.527. The highest BCUT2D eigenvalue weighted by Crippen LogP contribution is 2.39. The molecule has 2 bridgehead atoms. The lowest BCUT2D eigenvalue weighted by Gasteiger charge is -2.41. The first-order valence-electron chi connectivity index (χ1n) is 8.52.